The first-order valence-corrected chi connectivity index (χ1v) is 19.9. The highest BCUT2D eigenvalue weighted by Gasteiger charge is 2.30. The van der Waals surface area contributed by atoms with Crippen LogP contribution in [0.2, 0.25) is 0 Å². The largest absolute Gasteiger partial charge is 0.339 e. The number of carbonyl (C=O) groups is 4. The standard InChI is InChI=1S/C44H44N6O8S/c1-29-5-9-33(10-6-29)41-35(15-19-39(53)47-25-21-45(22-26-47)31(3)51)13-17-37(43(41)49(55)56)59-38-18-14-36(16-20-40(54)48-27-23-46(24-28-48)32(4)52)42(44(38)50(57)58)34-11-7-30(2)8-12-34/h5-20H,21-28H2,1-4H3/b19-15+,20-16+. The summed E-state index contributed by atoms with van der Waals surface area (Å²) in [6.45, 7) is 9.84. The molecule has 2 aliphatic rings. The SMILES string of the molecule is CC(=O)N1CCN(C(=O)/C=C/c2ccc(Sc3ccc(/C=C/C(=O)N4CCN(C(C)=O)CC4)c(-c4ccc(C)cc4)c3[N+](=O)[O-])c([N+](=O)[O-])c2-c2ccc(C)cc2)CC1. The van der Waals surface area contributed by atoms with Crippen molar-refractivity contribution in [3.63, 3.8) is 0 Å². The fourth-order valence-electron chi connectivity index (χ4n) is 7.16. The highest BCUT2D eigenvalue weighted by molar-refractivity contribution is 7.99. The van der Waals surface area contributed by atoms with E-state index in [2.05, 4.69) is 0 Å². The van der Waals surface area contributed by atoms with Crippen LogP contribution >= 0.6 is 11.8 Å². The van der Waals surface area contributed by atoms with Gasteiger partial charge >= 0.3 is 0 Å². The molecule has 304 valence electrons. The van der Waals surface area contributed by atoms with Gasteiger partial charge in [-0.1, -0.05) is 83.6 Å². The van der Waals surface area contributed by atoms with Crippen molar-refractivity contribution in [2.24, 2.45) is 0 Å². The first-order valence-electron chi connectivity index (χ1n) is 19.1. The maximum absolute atomic E-state index is 13.3. The molecule has 2 aliphatic heterocycles. The fourth-order valence-corrected chi connectivity index (χ4v) is 8.22. The second-order valence-electron chi connectivity index (χ2n) is 14.4. The molecular formula is C44H44N6O8S. The van der Waals surface area contributed by atoms with Crippen LogP contribution in [0.3, 0.4) is 0 Å². The van der Waals surface area contributed by atoms with E-state index in [-0.39, 0.29) is 55.9 Å². The molecule has 15 heteroatoms. The second-order valence-corrected chi connectivity index (χ2v) is 15.5. The van der Waals surface area contributed by atoms with Crippen molar-refractivity contribution in [1.82, 2.24) is 19.6 Å². The van der Waals surface area contributed by atoms with Crippen LogP contribution in [0.25, 0.3) is 34.4 Å². The third kappa shape index (κ3) is 9.75. The van der Waals surface area contributed by atoms with E-state index in [0.717, 1.165) is 22.9 Å². The number of nitro groups is 2. The number of hydrogen-bond acceptors (Lipinski definition) is 9. The topological polar surface area (TPSA) is 168 Å². The molecule has 0 atom stereocenters. The molecule has 0 spiro atoms. The molecule has 0 aromatic heterocycles. The van der Waals surface area contributed by atoms with Gasteiger partial charge in [0.15, 0.2) is 0 Å². The highest BCUT2D eigenvalue weighted by Crippen LogP contribution is 2.48. The van der Waals surface area contributed by atoms with Crippen molar-refractivity contribution in [3.05, 3.63) is 127 Å². The van der Waals surface area contributed by atoms with Gasteiger partial charge in [-0.25, -0.2) is 0 Å². The lowest BCUT2D eigenvalue weighted by Crippen LogP contribution is -2.49. The van der Waals surface area contributed by atoms with Gasteiger partial charge in [0.25, 0.3) is 11.4 Å². The first-order chi connectivity index (χ1) is 28.2. The fraction of sp³-hybridized carbons (Fsp3) is 0.273. The summed E-state index contributed by atoms with van der Waals surface area (Å²) in [5, 5.41) is 26.2. The van der Waals surface area contributed by atoms with Gasteiger partial charge in [-0.05, 0) is 60.4 Å². The Morgan fingerprint density at radius 1 is 0.525 bits per heavy atom. The molecule has 4 amide bonds. The second kappa shape index (κ2) is 18.3. The van der Waals surface area contributed by atoms with Crippen molar-refractivity contribution in [1.29, 1.82) is 0 Å². The van der Waals surface area contributed by atoms with Crippen LogP contribution in [-0.2, 0) is 19.2 Å². The summed E-state index contributed by atoms with van der Waals surface area (Å²) in [6.07, 6.45) is 5.82. The Kier molecular flexibility index (Phi) is 13.0. The number of rotatable bonds is 10. The molecule has 0 radical (unpaired) electrons. The predicted octanol–water partition coefficient (Wildman–Crippen LogP) is 7.01. The molecule has 59 heavy (non-hydrogen) atoms. The van der Waals surface area contributed by atoms with Gasteiger partial charge in [-0.2, -0.15) is 0 Å². The van der Waals surface area contributed by atoms with E-state index in [1.54, 1.807) is 68.1 Å². The minimum atomic E-state index is -0.511. The van der Waals surface area contributed by atoms with Crippen LogP contribution in [0, 0.1) is 34.1 Å². The average molecular weight is 817 g/mol. The lowest BCUT2D eigenvalue weighted by molar-refractivity contribution is -0.387. The number of nitro benzene ring substituents is 2. The van der Waals surface area contributed by atoms with E-state index in [1.165, 1.54) is 38.1 Å². The van der Waals surface area contributed by atoms with Gasteiger partial charge in [0, 0.05) is 78.4 Å². The summed E-state index contributed by atoms with van der Waals surface area (Å²) in [5.41, 5.74) is 3.65. The maximum Gasteiger partial charge on any atom is 0.291 e. The van der Waals surface area contributed by atoms with E-state index in [4.69, 9.17) is 0 Å². The summed E-state index contributed by atoms with van der Waals surface area (Å²) in [4.78, 5) is 82.1. The molecule has 0 unspecified atom stereocenters. The summed E-state index contributed by atoms with van der Waals surface area (Å²) < 4.78 is 0. The average Bonchev–Trinajstić information content (AvgIpc) is 3.22. The Bertz CT molecular complexity index is 2200. The molecule has 2 heterocycles. The van der Waals surface area contributed by atoms with E-state index in [1.807, 2.05) is 38.1 Å². The Morgan fingerprint density at radius 2 is 0.847 bits per heavy atom. The third-order valence-electron chi connectivity index (χ3n) is 10.5. The predicted molar refractivity (Wildman–Crippen MR) is 226 cm³/mol. The van der Waals surface area contributed by atoms with E-state index >= 15 is 0 Å². The van der Waals surface area contributed by atoms with E-state index < -0.39 is 9.85 Å². The van der Waals surface area contributed by atoms with Crippen molar-refractivity contribution in [2.45, 2.75) is 37.5 Å². The van der Waals surface area contributed by atoms with Gasteiger partial charge in [0.1, 0.15) is 0 Å². The number of carbonyl (C=O) groups excluding carboxylic acids is 4. The Balaban J connectivity index is 1.41. The number of hydrogen-bond donors (Lipinski definition) is 0. The molecule has 4 aromatic rings. The summed E-state index contributed by atoms with van der Waals surface area (Å²) >= 11 is 0.892. The lowest BCUT2D eigenvalue weighted by atomic mass is 9.96. The van der Waals surface area contributed by atoms with Crippen LogP contribution in [0.15, 0.2) is 94.7 Å². The van der Waals surface area contributed by atoms with Crippen LogP contribution in [-0.4, -0.2) is 105 Å². The number of piperazine rings is 2. The number of aryl methyl sites for hydroxylation is 2. The molecule has 2 fully saturated rings. The molecular weight excluding hydrogens is 773 g/mol. The van der Waals surface area contributed by atoms with E-state index in [0.29, 0.717) is 74.6 Å². The highest BCUT2D eigenvalue weighted by atomic mass is 32.2. The number of benzene rings is 4. The maximum atomic E-state index is 13.3. The van der Waals surface area contributed by atoms with E-state index in [9.17, 15) is 39.4 Å². The summed E-state index contributed by atoms with van der Waals surface area (Å²) in [6, 6.07) is 20.7. The Labute approximate surface area is 346 Å². The summed E-state index contributed by atoms with van der Waals surface area (Å²) in [7, 11) is 0. The molecule has 6 rings (SSSR count). The molecule has 4 aromatic carbocycles. The van der Waals surface area contributed by atoms with Gasteiger partial charge in [-0.3, -0.25) is 39.4 Å². The van der Waals surface area contributed by atoms with Gasteiger partial charge in [-0.15, -0.1) is 0 Å². The summed E-state index contributed by atoms with van der Waals surface area (Å²) in [5.74, 6) is -0.714. The first kappa shape index (κ1) is 42.0. The van der Waals surface area contributed by atoms with Crippen molar-refractivity contribution in [2.75, 3.05) is 52.4 Å². The molecule has 0 bridgehead atoms. The minimum absolute atomic E-state index is 0.0603. The van der Waals surface area contributed by atoms with Crippen molar-refractivity contribution in [3.8, 4) is 22.3 Å². The van der Waals surface area contributed by atoms with Gasteiger partial charge < -0.3 is 19.6 Å². The molecule has 14 nitrogen and oxygen atoms in total. The third-order valence-corrected chi connectivity index (χ3v) is 11.6. The van der Waals surface area contributed by atoms with Gasteiger partial charge in [0.2, 0.25) is 23.6 Å². The zero-order valence-corrected chi connectivity index (χ0v) is 34.1. The van der Waals surface area contributed by atoms with Crippen LogP contribution < -0.4 is 0 Å². The minimum Gasteiger partial charge on any atom is -0.339 e. The van der Waals surface area contributed by atoms with Gasteiger partial charge in [0.05, 0.1) is 30.8 Å². The smallest absolute Gasteiger partial charge is 0.291 e. The van der Waals surface area contributed by atoms with Crippen LogP contribution in [0.4, 0.5) is 11.4 Å². The molecule has 2 saturated heterocycles. The Morgan fingerprint density at radius 3 is 1.15 bits per heavy atom. The Hall–Kier alpha value is -6.61. The monoisotopic (exact) mass is 816 g/mol. The molecule has 0 N–H and O–H groups in total. The quantitative estimate of drug-likeness (QED) is 0.0929. The molecule has 0 aliphatic carbocycles. The number of amides is 4. The molecule has 0 saturated carbocycles. The van der Waals surface area contributed by atoms with Crippen LogP contribution in [0.1, 0.15) is 36.1 Å². The van der Waals surface area contributed by atoms with Crippen molar-refractivity contribution < 1.29 is 29.0 Å². The lowest BCUT2D eigenvalue weighted by Gasteiger charge is -2.33. The van der Waals surface area contributed by atoms with Crippen molar-refractivity contribution >= 4 is 58.9 Å². The zero-order valence-electron chi connectivity index (χ0n) is 33.3. The normalized spacial score (nSPS) is 14.6. The number of nitrogens with zero attached hydrogens (tertiary/aromatic N) is 6. The zero-order chi connectivity index (χ0) is 42.4. The van der Waals surface area contributed by atoms with Crippen LogP contribution in [0.5, 0.6) is 0 Å².